The number of aldehydes is 1. The molecule has 2 rings (SSSR count). The molecule has 0 saturated carbocycles. The number of hydrogen-bond acceptors (Lipinski definition) is 4. The molecule has 0 atom stereocenters. The minimum absolute atomic E-state index is 0.173. The van der Waals surface area contributed by atoms with Crippen LogP contribution in [0.3, 0.4) is 0 Å². The lowest BCUT2D eigenvalue weighted by Gasteiger charge is -1.92. The van der Waals surface area contributed by atoms with Gasteiger partial charge in [-0.05, 0) is 6.07 Å². The molecule has 0 bridgehead atoms. The molecule has 15 heavy (non-hydrogen) atoms. The molecule has 0 saturated heterocycles. The van der Waals surface area contributed by atoms with Crippen LogP contribution in [0.25, 0.3) is 5.88 Å². The summed E-state index contributed by atoms with van der Waals surface area (Å²) < 4.78 is 6.26. The van der Waals surface area contributed by atoms with Gasteiger partial charge in [-0.2, -0.15) is 5.10 Å². The largest absolute Gasteiger partial charge is 0.475 e. The van der Waals surface area contributed by atoms with Gasteiger partial charge < -0.3 is 9.52 Å². The first-order chi connectivity index (χ1) is 7.20. The fourth-order valence-corrected chi connectivity index (χ4v) is 1.08. The number of hydrogen-bond donors (Lipinski definition) is 1. The molecule has 0 spiro atoms. The minimum Gasteiger partial charge on any atom is -0.475 e. The number of carbonyl (C=O) groups excluding carboxylic acids is 1. The molecule has 2 heterocycles. The standard InChI is InChI=1S/C9H6N2O4/c12-5-6-3-10-11(4-6)8-2-1-7(15-8)9(13)14/h1-5H,(H,13,14). The van der Waals surface area contributed by atoms with Crippen LogP contribution in [-0.2, 0) is 0 Å². The van der Waals surface area contributed by atoms with E-state index in [0.29, 0.717) is 11.8 Å². The Bertz CT molecular complexity index is 512. The molecule has 0 aromatic carbocycles. The number of aromatic carboxylic acids is 1. The van der Waals surface area contributed by atoms with Crippen molar-refractivity contribution in [2.24, 2.45) is 0 Å². The summed E-state index contributed by atoms with van der Waals surface area (Å²) in [6, 6.07) is 2.78. The van der Waals surface area contributed by atoms with Gasteiger partial charge in [0.2, 0.25) is 11.6 Å². The van der Waals surface area contributed by atoms with Crippen LogP contribution in [0.15, 0.2) is 28.9 Å². The number of nitrogens with zero attached hydrogens (tertiary/aromatic N) is 2. The summed E-state index contributed by atoms with van der Waals surface area (Å²) in [5.74, 6) is -1.07. The van der Waals surface area contributed by atoms with Crippen LogP contribution in [0.5, 0.6) is 0 Å². The van der Waals surface area contributed by atoms with Gasteiger partial charge in [0.05, 0.1) is 11.8 Å². The summed E-state index contributed by atoms with van der Waals surface area (Å²) in [6.07, 6.45) is 3.44. The molecule has 0 fully saturated rings. The summed E-state index contributed by atoms with van der Waals surface area (Å²) in [5.41, 5.74) is 0.392. The van der Waals surface area contributed by atoms with Crippen LogP contribution in [0, 0.1) is 0 Å². The third-order valence-corrected chi connectivity index (χ3v) is 1.77. The molecule has 0 unspecified atom stereocenters. The fraction of sp³-hybridized carbons (Fsp3) is 0. The van der Waals surface area contributed by atoms with Crippen molar-refractivity contribution in [1.29, 1.82) is 0 Å². The highest BCUT2D eigenvalue weighted by atomic mass is 16.4. The van der Waals surface area contributed by atoms with Crippen molar-refractivity contribution in [3.05, 3.63) is 35.9 Å². The third-order valence-electron chi connectivity index (χ3n) is 1.77. The van der Waals surface area contributed by atoms with Gasteiger partial charge in [0.25, 0.3) is 0 Å². The molecular weight excluding hydrogens is 200 g/mol. The molecule has 2 aromatic rings. The zero-order chi connectivity index (χ0) is 10.8. The lowest BCUT2D eigenvalue weighted by molar-refractivity contribution is 0.0662. The SMILES string of the molecule is O=Cc1cnn(-c2ccc(C(=O)O)o2)c1. The Morgan fingerprint density at radius 1 is 1.53 bits per heavy atom. The second-order valence-corrected chi connectivity index (χ2v) is 2.78. The molecule has 0 aliphatic heterocycles. The predicted molar refractivity (Wildman–Crippen MR) is 48.2 cm³/mol. The van der Waals surface area contributed by atoms with Gasteiger partial charge in [0, 0.05) is 12.3 Å². The van der Waals surface area contributed by atoms with Crippen molar-refractivity contribution in [2.45, 2.75) is 0 Å². The quantitative estimate of drug-likeness (QED) is 0.756. The van der Waals surface area contributed by atoms with Crippen LogP contribution in [0.4, 0.5) is 0 Å². The maximum absolute atomic E-state index is 10.5. The van der Waals surface area contributed by atoms with Crippen molar-refractivity contribution >= 4 is 12.3 Å². The van der Waals surface area contributed by atoms with Crippen LogP contribution >= 0.6 is 0 Å². The smallest absolute Gasteiger partial charge is 0.371 e. The molecule has 0 amide bonds. The Morgan fingerprint density at radius 3 is 2.87 bits per heavy atom. The second-order valence-electron chi connectivity index (χ2n) is 2.78. The Morgan fingerprint density at radius 2 is 2.33 bits per heavy atom. The van der Waals surface area contributed by atoms with Gasteiger partial charge in [-0.3, -0.25) is 4.79 Å². The minimum atomic E-state index is -1.15. The van der Waals surface area contributed by atoms with Crippen molar-refractivity contribution in [1.82, 2.24) is 9.78 Å². The van der Waals surface area contributed by atoms with Crippen molar-refractivity contribution in [3.63, 3.8) is 0 Å². The monoisotopic (exact) mass is 206 g/mol. The molecule has 6 nitrogen and oxygen atoms in total. The van der Waals surface area contributed by atoms with Crippen molar-refractivity contribution in [2.75, 3.05) is 0 Å². The van der Waals surface area contributed by atoms with E-state index >= 15 is 0 Å². The van der Waals surface area contributed by atoms with E-state index in [1.54, 1.807) is 0 Å². The summed E-state index contributed by atoms with van der Waals surface area (Å²) in [5, 5.41) is 12.4. The highest BCUT2D eigenvalue weighted by Gasteiger charge is 2.10. The fourth-order valence-electron chi connectivity index (χ4n) is 1.08. The Labute approximate surface area is 83.7 Å². The van der Waals surface area contributed by atoms with Crippen LogP contribution < -0.4 is 0 Å². The van der Waals surface area contributed by atoms with Gasteiger partial charge in [-0.25, -0.2) is 9.48 Å². The summed E-state index contributed by atoms with van der Waals surface area (Å²) in [7, 11) is 0. The number of carbonyl (C=O) groups is 2. The highest BCUT2D eigenvalue weighted by Crippen LogP contribution is 2.12. The van der Waals surface area contributed by atoms with Gasteiger partial charge >= 0.3 is 5.97 Å². The first kappa shape index (κ1) is 9.20. The molecule has 0 radical (unpaired) electrons. The highest BCUT2D eigenvalue weighted by molar-refractivity contribution is 5.84. The van der Waals surface area contributed by atoms with E-state index in [1.807, 2.05) is 0 Å². The molecule has 1 N–H and O–H groups in total. The Hall–Kier alpha value is -2.37. The maximum Gasteiger partial charge on any atom is 0.371 e. The molecule has 6 heteroatoms. The van der Waals surface area contributed by atoms with E-state index in [4.69, 9.17) is 9.52 Å². The number of carboxylic acids is 1. The van der Waals surface area contributed by atoms with Gasteiger partial charge in [0.1, 0.15) is 0 Å². The van der Waals surface area contributed by atoms with E-state index in [2.05, 4.69) is 5.10 Å². The summed E-state index contributed by atoms with van der Waals surface area (Å²) in [6.45, 7) is 0. The maximum atomic E-state index is 10.5. The molecular formula is C9H6N2O4. The lowest BCUT2D eigenvalue weighted by atomic mass is 10.4. The topological polar surface area (TPSA) is 85.3 Å². The molecule has 0 aliphatic rings. The predicted octanol–water partition coefficient (Wildman–Crippen LogP) is 0.976. The third kappa shape index (κ3) is 1.64. The van der Waals surface area contributed by atoms with Crippen molar-refractivity contribution < 1.29 is 19.1 Å². The number of aromatic nitrogens is 2. The van der Waals surface area contributed by atoms with Crippen LogP contribution in [-0.4, -0.2) is 27.1 Å². The molecule has 2 aromatic heterocycles. The zero-order valence-corrected chi connectivity index (χ0v) is 7.45. The lowest BCUT2D eigenvalue weighted by Crippen LogP contribution is -1.94. The average molecular weight is 206 g/mol. The summed E-state index contributed by atoms with van der Waals surface area (Å²) in [4.78, 5) is 20.9. The van der Waals surface area contributed by atoms with Crippen molar-refractivity contribution in [3.8, 4) is 5.88 Å². The Kier molecular flexibility index (Phi) is 2.09. The summed E-state index contributed by atoms with van der Waals surface area (Å²) >= 11 is 0. The first-order valence-electron chi connectivity index (χ1n) is 4.04. The Balaban J connectivity index is 2.36. The van der Waals surface area contributed by atoms with E-state index in [9.17, 15) is 9.59 Å². The molecule has 0 aliphatic carbocycles. The number of rotatable bonds is 3. The van der Waals surface area contributed by atoms with Gasteiger partial charge in [-0.15, -0.1) is 0 Å². The van der Waals surface area contributed by atoms with E-state index in [1.165, 1.54) is 29.2 Å². The van der Waals surface area contributed by atoms with E-state index in [-0.39, 0.29) is 11.6 Å². The van der Waals surface area contributed by atoms with Crippen LogP contribution in [0.1, 0.15) is 20.9 Å². The van der Waals surface area contributed by atoms with E-state index < -0.39 is 5.97 Å². The van der Waals surface area contributed by atoms with Gasteiger partial charge in [-0.1, -0.05) is 0 Å². The van der Waals surface area contributed by atoms with E-state index in [0.717, 1.165) is 0 Å². The van der Waals surface area contributed by atoms with Gasteiger partial charge in [0.15, 0.2) is 6.29 Å². The second kappa shape index (κ2) is 3.41. The number of furan rings is 1. The first-order valence-corrected chi connectivity index (χ1v) is 4.04. The number of carboxylic acid groups (broad SMARTS) is 1. The normalized spacial score (nSPS) is 10.1. The molecule has 76 valence electrons. The zero-order valence-electron chi connectivity index (χ0n) is 7.45. The van der Waals surface area contributed by atoms with Crippen LogP contribution in [0.2, 0.25) is 0 Å². The average Bonchev–Trinajstić information content (AvgIpc) is 2.86.